The molecule has 3 aromatic rings. The van der Waals surface area contributed by atoms with Crippen LogP contribution in [0.1, 0.15) is 37.8 Å². The van der Waals surface area contributed by atoms with E-state index < -0.39 is 32.0 Å². The number of esters is 1. The van der Waals surface area contributed by atoms with Crippen molar-refractivity contribution in [3.05, 3.63) is 83.9 Å². The van der Waals surface area contributed by atoms with Crippen molar-refractivity contribution in [2.75, 3.05) is 37.1 Å². The molecule has 3 aliphatic rings. The fourth-order valence-corrected chi connectivity index (χ4v) is 12.3. The van der Waals surface area contributed by atoms with Crippen LogP contribution in [0.2, 0.25) is 18.6 Å². The summed E-state index contributed by atoms with van der Waals surface area (Å²) in [5, 5.41) is 11.1. The van der Waals surface area contributed by atoms with E-state index in [-0.39, 0.29) is 55.2 Å². The van der Waals surface area contributed by atoms with Gasteiger partial charge in [-0.25, -0.2) is 0 Å². The predicted molar refractivity (Wildman–Crippen MR) is 191 cm³/mol. The lowest BCUT2D eigenvalue weighted by Crippen LogP contribution is -2.55. The maximum atomic E-state index is 14.6. The molecule has 1 unspecified atom stereocenters. The minimum Gasteiger partial charge on any atom is -0.497 e. The van der Waals surface area contributed by atoms with Gasteiger partial charge in [-0.3, -0.25) is 24.1 Å². The Labute approximate surface area is 293 Å². The van der Waals surface area contributed by atoms with Crippen molar-refractivity contribution in [2.24, 2.45) is 5.92 Å². The van der Waals surface area contributed by atoms with E-state index in [1.54, 1.807) is 42.2 Å². The van der Waals surface area contributed by atoms with Gasteiger partial charge in [-0.2, -0.15) is 0 Å². The molecular weight excluding hydrogens is 655 g/mol. The number of amides is 3. The first-order chi connectivity index (χ1) is 23.8. The Morgan fingerprint density at radius 2 is 1.76 bits per heavy atom. The molecule has 3 aliphatic heterocycles. The Morgan fingerprint density at radius 3 is 2.38 bits per heavy atom. The summed E-state index contributed by atoms with van der Waals surface area (Å²) in [6, 6.07) is 23.0. The number of aliphatic hydroxyl groups is 1. The molecule has 5 atom stereocenters. The Hall–Kier alpha value is -4.52. The van der Waals surface area contributed by atoms with Crippen LogP contribution < -0.4 is 19.7 Å². The molecule has 0 aromatic heterocycles. The number of likely N-dealkylation sites (N-methyl/N-ethyl adjacent to an activating group) is 1. The van der Waals surface area contributed by atoms with E-state index in [2.05, 4.69) is 25.2 Å². The van der Waals surface area contributed by atoms with Crippen LogP contribution in [-0.4, -0.2) is 81.4 Å². The fraction of sp³-hybridized carbons (Fsp3) is 0.421. The largest absolute Gasteiger partial charge is 0.497 e. The summed E-state index contributed by atoms with van der Waals surface area (Å²) in [5.74, 6) is -0.729. The van der Waals surface area contributed by atoms with Gasteiger partial charge in [0.2, 0.25) is 11.8 Å². The summed E-state index contributed by atoms with van der Waals surface area (Å²) in [6.07, 6.45) is -1.27. The van der Waals surface area contributed by atoms with Gasteiger partial charge in [-0.1, -0.05) is 67.7 Å². The van der Waals surface area contributed by atoms with Crippen LogP contribution in [0, 0.1) is 5.92 Å². The van der Waals surface area contributed by atoms with Crippen LogP contribution in [0.3, 0.4) is 0 Å². The van der Waals surface area contributed by atoms with Gasteiger partial charge in [-0.15, -0.1) is 0 Å². The Bertz CT molecular complexity index is 1780. The minimum atomic E-state index is -2.53. The molecular formula is C38H45N3O8Si. The van der Waals surface area contributed by atoms with E-state index in [0.717, 1.165) is 16.5 Å². The normalized spacial score (nSPS) is 24.3. The quantitative estimate of drug-likeness (QED) is 0.182. The number of nitrogens with zero attached hydrogens (tertiary/aromatic N) is 3. The summed E-state index contributed by atoms with van der Waals surface area (Å²) >= 11 is 0. The van der Waals surface area contributed by atoms with E-state index >= 15 is 0 Å². The maximum absolute atomic E-state index is 14.6. The number of hydrogen-bond acceptors (Lipinski definition) is 8. The number of methoxy groups -OCH3 is 1. The summed E-state index contributed by atoms with van der Waals surface area (Å²) in [6.45, 7) is 8.13. The van der Waals surface area contributed by atoms with E-state index in [4.69, 9.17) is 14.2 Å². The van der Waals surface area contributed by atoms with Gasteiger partial charge in [0.1, 0.15) is 5.75 Å². The van der Waals surface area contributed by atoms with Crippen LogP contribution >= 0.6 is 0 Å². The lowest BCUT2D eigenvalue weighted by molar-refractivity contribution is -0.154. The van der Waals surface area contributed by atoms with Gasteiger partial charge >= 0.3 is 5.97 Å². The fourth-order valence-electron chi connectivity index (χ4n) is 8.26. The number of β-lactam (4-membered cyclic amide) rings is 1. The van der Waals surface area contributed by atoms with E-state index in [9.17, 15) is 24.3 Å². The molecule has 2 fully saturated rings. The molecule has 6 rings (SSSR count). The molecule has 1 spiro atoms. The molecule has 12 heteroatoms. The molecule has 1 N–H and O–H groups in total. The van der Waals surface area contributed by atoms with Crippen LogP contribution in [-0.2, 0) is 40.8 Å². The minimum absolute atomic E-state index is 0.0152. The first-order valence-electron chi connectivity index (χ1n) is 17.0. The first kappa shape index (κ1) is 35.3. The van der Waals surface area contributed by atoms with E-state index in [1.165, 1.54) is 11.8 Å². The number of aliphatic hydroxyl groups excluding tert-OH is 1. The summed E-state index contributed by atoms with van der Waals surface area (Å²) < 4.78 is 17.9. The molecule has 3 heterocycles. The highest BCUT2D eigenvalue weighted by Gasteiger charge is 2.66. The number of carbonyl (C=O) groups excluding carboxylic acids is 4. The van der Waals surface area contributed by atoms with Gasteiger partial charge in [0.25, 0.3) is 5.91 Å². The third-order valence-corrected chi connectivity index (χ3v) is 15.1. The number of rotatable bonds is 11. The summed E-state index contributed by atoms with van der Waals surface area (Å²) in [4.78, 5) is 58.0. The number of ether oxygens (including phenoxy) is 3. The zero-order valence-electron chi connectivity index (χ0n) is 29.4. The Balaban J connectivity index is 1.42. The van der Waals surface area contributed by atoms with Gasteiger partial charge in [0.05, 0.1) is 46.4 Å². The van der Waals surface area contributed by atoms with Crippen LogP contribution in [0.4, 0.5) is 11.4 Å². The van der Waals surface area contributed by atoms with Crippen molar-refractivity contribution in [3.63, 3.8) is 0 Å². The SMILES string of the molecule is COc1ccc([Si](C)(C)[C@H]2[C@H](CC(=O)N(CCO)Cc3ccccc3)O[C@@]3(C(=O)N(C)c4ccc(N5C(=O)CC5OC(C)=O)cc43)[C@@H]2C)cc1. The molecule has 264 valence electrons. The number of fused-ring (bicyclic) bond motifs is 2. The van der Waals surface area contributed by atoms with Crippen LogP contribution in [0.25, 0.3) is 0 Å². The van der Waals surface area contributed by atoms with Crippen LogP contribution in [0.5, 0.6) is 5.75 Å². The summed E-state index contributed by atoms with van der Waals surface area (Å²) in [5.41, 5.74) is 1.09. The molecule has 0 aliphatic carbocycles. The zero-order valence-corrected chi connectivity index (χ0v) is 30.4. The molecule has 50 heavy (non-hydrogen) atoms. The van der Waals surface area contributed by atoms with Gasteiger partial charge in [0.15, 0.2) is 11.8 Å². The van der Waals surface area contributed by atoms with E-state index in [0.29, 0.717) is 23.5 Å². The second kappa shape index (κ2) is 13.7. The average molecular weight is 700 g/mol. The number of carbonyl (C=O) groups is 4. The van der Waals surface area contributed by atoms with Crippen molar-refractivity contribution < 1.29 is 38.5 Å². The van der Waals surface area contributed by atoms with Gasteiger partial charge in [0, 0.05) is 44.2 Å². The molecule has 11 nitrogen and oxygen atoms in total. The highest BCUT2D eigenvalue weighted by molar-refractivity contribution is 6.91. The van der Waals surface area contributed by atoms with Gasteiger partial charge < -0.3 is 29.1 Å². The number of benzene rings is 3. The molecule has 3 aromatic carbocycles. The first-order valence-corrected chi connectivity index (χ1v) is 20.1. The van der Waals surface area contributed by atoms with E-state index in [1.807, 2.05) is 49.4 Å². The second-order valence-corrected chi connectivity index (χ2v) is 18.7. The van der Waals surface area contributed by atoms with Crippen molar-refractivity contribution in [1.82, 2.24) is 4.90 Å². The third-order valence-electron chi connectivity index (χ3n) is 10.7. The molecule has 3 amide bonds. The van der Waals surface area contributed by atoms with Crippen molar-refractivity contribution in [2.45, 2.75) is 69.8 Å². The van der Waals surface area contributed by atoms with Crippen molar-refractivity contribution >= 4 is 48.3 Å². The molecule has 2 saturated heterocycles. The highest BCUT2D eigenvalue weighted by Crippen LogP contribution is 2.60. The smallest absolute Gasteiger partial charge is 0.304 e. The zero-order chi connectivity index (χ0) is 36.0. The molecule has 0 bridgehead atoms. The second-order valence-electron chi connectivity index (χ2n) is 14.0. The standard InChI is InChI=1S/C38H45N3O8Si/c1-24-36(50(5,6)29-15-13-28(47-4)14-16-29)32(21-33(44)40(18-19-42)23-26-10-8-7-9-11-26)49-38(24)30-20-27(12-17-31(30)39(3)37(38)46)41-34(45)22-35(41)48-25(2)43/h7-17,20,24,32,35-36,42H,18-19,21-23H2,1-6H3/t24-,32+,35?,36-,38+/m1/s1. The Morgan fingerprint density at radius 1 is 1.06 bits per heavy atom. The van der Waals surface area contributed by atoms with Crippen molar-refractivity contribution in [3.8, 4) is 5.75 Å². The van der Waals surface area contributed by atoms with Crippen LogP contribution in [0.15, 0.2) is 72.8 Å². The van der Waals surface area contributed by atoms with Crippen molar-refractivity contribution in [1.29, 1.82) is 0 Å². The topological polar surface area (TPSA) is 126 Å². The van der Waals surface area contributed by atoms with Gasteiger partial charge in [-0.05, 0) is 41.4 Å². The highest BCUT2D eigenvalue weighted by atomic mass is 28.3. The maximum Gasteiger partial charge on any atom is 0.304 e. The lowest BCUT2D eigenvalue weighted by atomic mass is 9.82. The third kappa shape index (κ3) is 5.99. The lowest BCUT2D eigenvalue weighted by Gasteiger charge is -2.39. The monoisotopic (exact) mass is 699 g/mol. The number of hydrogen-bond donors (Lipinski definition) is 1. The molecule has 0 saturated carbocycles. The number of anilines is 2. The summed E-state index contributed by atoms with van der Waals surface area (Å²) in [7, 11) is 0.804. The average Bonchev–Trinajstić information content (AvgIpc) is 3.50. The predicted octanol–water partition coefficient (Wildman–Crippen LogP) is 3.92. The Kier molecular flexibility index (Phi) is 9.64. The molecule has 0 radical (unpaired) electrons.